The number of aldehydes is 1. The van der Waals surface area contributed by atoms with Crippen LogP contribution in [0.2, 0.25) is 0 Å². The van der Waals surface area contributed by atoms with Crippen molar-refractivity contribution in [3.05, 3.63) is 117 Å². The number of hydrogen-bond donors (Lipinski definition) is 7. The molecule has 10 nitrogen and oxygen atoms in total. The molecule has 0 saturated heterocycles. The van der Waals surface area contributed by atoms with Gasteiger partial charge in [-0.25, -0.2) is 4.79 Å². The van der Waals surface area contributed by atoms with Gasteiger partial charge in [-0.15, -0.1) is 0 Å². The maximum atomic E-state index is 15.8. The zero-order valence-electron chi connectivity index (χ0n) is 53.0. The molecule has 16 aliphatic carbocycles. The first-order chi connectivity index (χ1) is 43.0. The number of ether oxygens (including phenoxy) is 1. The predicted octanol–water partition coefficient (Wildman–Crippen LogP) is 11.5. The first-order valence-corrected chi connectivity index (χ1v) is 36.1. The summed E-state index contributed by atoms with van der Waals surface area (Å²) < 4.78 is 6.60. The van der Waals surface area contributed by atoms with E-state index in [4.69, 9.17) is 4.74 Å². The molecule has 3 aromatic carbocycles. The topological polar surface area (TPSA) is 177 Å². The van der Waals surface area contributed by atoms with Crippen LogP contribution in [-0.2, 0) is 39.2 Å². The predicted molar refractivity (Wildman–Crippen MR) is 340 cm³/mol. The molecule has 11 fully saturated rings. The van der Waals surface area contributed by atoms with E-state index in [0.29, 0.717) is 56.3 Å². The number of aliphatic hydroxyl groups excluding tert-OH is 3. The van der Waals surface area contributed by atoms with E-state index in [-0.39, 0.29) is 72.8 Å². The number of benzene rings is 3. The molecule has 11 saturated carbocycles. The number of fused-ring (bicyclic) bond motifs is 1. The van der Waals surface area contributed by atoms with Crippen LogP contribution in [0.25, 0.3) is 0 Å². The summed E-state index contributed by atoms with van der Waals surface area (Å²) in [6.07, 6.45) is 21.0. The van der Waals surface area contributed by atoms with Gasteiger partial charge in [0.1, 0.15) is 23.6 Å². The number of likely N-dealkylation sites (N-methyl/N-ethyl adjacent to an activating group) is 1. The summed E-state index contributed by atoms with van der Waals surface area (Å²) in [5.41, 5.74) is -1.27. The molecule has 0 radical (unpaired) electrons. The molecule has 0 amide bonds. The van der Waals surface area contributed by atoms with E-state index in [1.165, 1.54) is 47.9 Å². The molecular formula is C79H99NO9. The molecule has 23 unspecified atom stereocenters. The molecule has 0 aromatic heterocycles. The first-order valence-electron chi connectivity index (χ1n) is 36.1. The normalized spacial score (nSPS) is 47.3. The van der Waals surface area contributed by atoms with Crippen molar-refractivity contribution in [1.82, 2.24) is 5.32 Å². The van der Waals surface area contributed by atoms with Gasteiger partial charge in [-0.2, -0.15) is 0 Å². The van der Waals surface area contributed by atoms with E-state index in [1.54, 1.807) is 6.08 Å². The van der Waals surface area contributed by atoms with E-state index in [0.717, 1.165) is 118 Å². The Labute approximate surface area is 528 Å². The highest BCUT2D eigenvalue weighted by atomic mass is 16.5. The van der Waals surface area contributed by atoms with Crippen molar-refractivity contribution in [3.63, 3.8) is 0 Å². The van der Waals surface area contributed by atoms with Crippen LogP contribution in [0.15, 0.2) is 78.4 Å². The second-order valence-corrected chi connectivity index (χ2v) is 33.5. The number of nitrogens with one attached hydrogen (secondary N) is 1. The van der Waals surface area contributed by atoms with Gasteiger partial charge in [0.2, 0.25) is 0 Å². The largest absolute Gasteiger partial charge is 0.454 e. The SMILES string of the molecule is CNC1Cc2c(cccc2CO)C#CC23CCC(Cc4cccc(c4)C4(CCCC4)c4cccc(c4)C4CCC5C(CCC56CC5(C=O)C7CCC8(C2)C2C9=CC(=O)OC9C1CC2CC8(O)C7(O)C(O)C1CC(C(C)C2CCCC2)CCC(C6O)C15O)C4)C3. The minimum atomic E-state index is -2.28. The van der Waals surface area contributed by atoms with Gasteiger partial charge in [-0.05, 0) is 240 Å². The highest BCUT2D eigenvalue weighted by Crippen LogP contribution is 2.81. The summed E-state index contributed by atoms with van der Waals surface area (Å²) in [7, 11) is 1.96. The number of carbonyl (C=O) groups excluding carboxylic acids is 2. The van der Waals surface area contributed by atoms with Crippen molar-refractivity contribution in [2.24, 2.45) is 92.7 Å². The summed E-state index contributed by atoms with van der Waals surface area (Å²) in [5.74, 6) is 5.76. The molecule has 1 aliphatic heterocycles. The van der Waals surface area contributed by atoms with Crippen LogP contribution in [0.4, 0.5) is 0 Å². The monoisotopic (exact) mass is 1210 g/mol. The van der Waals surface area contributed by atoms with E-state index in [9.17, 15) is 25.2 Å². The maximum absolute atomic E-state index is 15.8. The average Bonchev–Trinajstić information content (AvgIpc) is 1.63. The molecule has 20 rings (SSSR count). The van der Waals surface area contributed by atoms with Crippen LogP contribution in [-0.4, -0.2) is 91.1 Å². The minimum Gasteiger partial charge on any atom is -0.454 e. The van der Waals surface area contributed by atoms with Crippen molar-refractivity contribution in [3.8, 4) is 11.8 Å². The van der Waals surface area contributed by atoms with Crippen LogP contribution in [0.5, 0.6) is 0 Å². The lowest BCUT2D eigenvalue weighted by Gasteiger charge is -2.75. The highest BCUT2D eigenvalue weighted by Gasteiger charge is 2.87. The van der Waals surface area contributed by atoms with Crippen LogP contribution in [0, 0.1) is 105 Å². The number of esters is 1. The van der Waals surface area contributed by atoms with Crippen molar-refractivity contribution >= 4 is 12.3 Å². The molecular weight excluding hydrogens is 1110 g/mol. The molecule has 17 bridgehead atoms. The summed E-state index contributed by atoms with van der Waals surface area (Å²) >= 11 is 0. The molecule has 89 heavy (non-hydrogen) atoms. The Balaban J connectivity index is 0.904. The Kier molecular flexibility index (Phi) is 13.6. The van der Waals surface area contributed by atoms with Crippen molar-refractivity contribution in [2.75, 3.05) is 7.05 Å². The van der Waals surface area contributed by atoms with Gasteiger partial charge in [0.15, 0.2) is 0 Å². The van der Waals surface area contributed by atoms with Crippen molar-refractivity contribution in [2.45, 2.75) is 239 Å². The number of rotatable bonds is 5. The third-order valence-electron chi connectivity index (χ3n) is 30.8. The first kappa shape index (κ1) is 58.6. The molecule has 10 heteroatoms. The second kappa shape index (κ2) is 20.7. The molecule has 23 atom stereocenters. The summed E-state index contributed by atoms with van der Waals surface area (Å²) in [6, 6.07) is 25.1. The van der Waals surface area contributed by atoms with Crippen molar-refractivity contribution in [1.29, 1.82) is 0 Å². The van der Waals surface area contributed by atoms with Crippen LogP contribution in [0.3, 0.4) is 0 Å². The molecule has 4 spiro atoms. The smallest absolute Gasteiger partial charge is 0.331 e. The molecule has 3 aromatic rings. The zero-order chi connectivity index (χ0) is 60.8. The quantitative estimate of drug-likeness (QED) is 0.0739. The Bertz CT molecular complexity index is 3440. The van der Waals surface area contributed by atoms with Gasteiger partial charge in [-0.1, -0.05) is 118 Å². The van der Waals surface area contributed by atoms with Gasteiger partial charge >= 0.3 is 5.97 Å². The van der Waals surface area contributed by atoms with Gasteiger partial charge in [0.25, 0.3) is 0 Å². The van der Waals surface area contributed by atoms with Crippen LogP contribution < -0.4 is 5.32 Å². The number of hydrogen-bond acceptors (Lipinski definition) is 10. The summed E-state index contributed by atoms with van der Waals surface area (Å²) in [6.45, 7) is 2.23. The fourth-order valence-electron chi connectivity index (χ4n) is 27.2. The second-order valence-electron chi connectivity index (χ2n) is 33.5. The summed E-state index contributed by atoms with van der Waals surface area (Å²) in [4.78, 5) is 30.2. The lowest BCUT2D eigenvalue weighted by molar-refractivity contribution is -0.386. The lowest BCUT2D eigenvalue weighted by atomic mass is 9.32. The minimum absolute atomic E-state index is 0.0631. The Hall–Kier alpha value is -4.18. The summed E-state index contributed by atoms with van der Waals surface area (Å²) in [5, 5.41) is 89.1. The van der Waals surface area contributed by atoms with Gasteiger partial charge in [0, 0.05) is 63.0 Å². The molecule has 7 N–H and O–H groups in total. The van der Waals surface area contributed by atoms with E-state index < -0.39 is 86.4 Å². The zero-order valence-corrected chi connectivity index (χ0v) is 53.0. The van der Waals surface area contributed by atoms with Crippen LogP contribution in [0.1, 0.15) is 212 Å². The van der Waals surface area contributed by atoms with Crippen LogP contribution >= 0.6 is 0 Å². The number of aliphatic hydroxyl groups is 6. The van der Waals surface area contributed by atoms with E-state index in [2.05, 4.69) is 78.7 Å². The average molecular weight is 1210 g/mol. The Morgan fingerprint density at radius 3 is 2.31 bits per heavy atom. The van der Waals surface area contributed by atoms with Gasteiger partial charge in [-0.3, -0.25) is 0 Å². The number of carbonyl (C=O) groups is 2. The molecule has 17 aliphatic rings. The van der Waals surface area contributed by atoms with Gasteiger partial charge in [0.05, 0.1) is 29.8 Å². The van der Waals surface area contributed by atoms with Gasteiger partial charge < -0.3 is 45.5 Å². The Morgan fingerprint density at radius 2 is 1.52 bits per heavy atom. The highest BCUT2D eigenvalue weighted by molar-refractivity contribution is 5.86. The third kappa shape index (κ3) is 7.82. The fraction of sp³-hybridized carbons (Fsp3) is 0.696. The molecule has 1 heterocycles. The van der Waals surface area contributed by atoms with E-state index in [1.807, 2.05) is 19.2 Å². The van der Waals surface area contributed by atoms with E-state index >= 15 is 15.0 Å². The van der Waals surface area contributed by atoms with Crippen molar-refractivity contribution < 1.29 is 45.0 Å². The fourth-order valence-corrected chi connectivity index (χ4v) is 27.2. The lowest BCUT2D eigenvalue weighted by Crippen LogP contribution is -2.86. The molecule has 474 valence electrons. The Morgan fingerprint density at radius 1 is 0.730 bits per heavy atom. The maximum Gasteiger partial charge on any atom is 0.331 e. The third-order valence-corrected chi connectivity index (χ3v) is 30.8. The standard InChI is InChI=1S/C79H99NO9/c1-46(49-11-3-4-12-49)51-18-21-63-70(84)74-30-24-54-34-53(19-20-62(54)74)52-14-9-17-58(35-52)73(26-5-6-27-73)57-16-7-10-47(33-57)32-48-22-28-72(40-48)29-23-50-13-8-15-55(42-81)59(50)38-65(80-2)60-36-56-41-77(86)75(43-72,68(56)61-39-67(83)89-69(60)61)31-25-66-76(44-74,45-82)78(63,87)64(37-51)71(85)79(66,77)88/h7-10,13-17,33,35,39,45-46,48-49,51,53-54,56,60,62-66,68-71,80-81,84-88H,3-6,11-12,18-22,24-28,30-32,34,36-38,40-44H2,1-2H3.